The normalized spacial score (nSPS) is 10.5. The summed E-state index contributed by atoms with van der Waals surface area (Å²) < 4.78 is 5.38. The topological polar surface area (TPSA) is 91.9 Å². The molecule has 0 aliphatic heterocycles. The van der Waals surface area contributed by atoms with Crippen LogP contribution >= 0.6 is 0 Å². The number of urea groups is 1. The van der Waals surface area contributed by atoms with E-state index in [0.29, 0.717) is 37.5 Å². The Bertz CT molecular complexity index is 888. The average molecular weight is 379 g/mol. The maximum absolute atomic E-state index is 12.0. The van der Waals surface area contributed by atoms with Gasteiger partial charge in [0, 0.05) is 25.1 Å². The van der Waals surface area contributed by atoms with E-state index in [9.17, 15) is 4.79 Å². The Labute approximate surface area is 164 Å². The first-order valence-electron chi connectivity index (χ1n) is 9.36. The van der Waals surface area contributed by atoms with Crippen molar-refractivity contribution in [1.82, 2.24) is 20.5 Å². The van der Waals surface area contributed by atoms with E-state index < -0.39 is 0 Å². The van der Waals surface area contributed by atoms with Crippen molar-refractivity contribution in [3.05, 3.63) is 71.3 Å². The zero-order chi connectivity index (χ0) is 19.8. The van der Waals surface area contributed by atoms with Crippen molar-refractivity contribution < 1.29 is 9.53 Å². The van der Waals surface area contributed by atoms with Crippen molar-refractivity contribution in [2.24, 2.45) is 0 Å². The number of nitrogens with zero attached hydrogens (tertiary/aromatic N) is 2. The molecule has 146 valence electrons. The van der Waals surface area contributed by atoms with Gasteiger partial charge in [0.1, 0.15) is 11.6 Å². The standard InChI is InChI=1S/C21H25N5O2/c1-3-28-18-10-8-17(9-11-18)23-21(27)22-13-12-19-24-20(26-25-19)14-16-6-4-15(2)5-7-16/h4-11H,3,12-14H2,1-2H3,(H2,22,23,27)(H,24,25,26). The first kappa shape index (κ1) is 19.4. The van der Waals surface area contributed by atoms with Crippen molar-refractivity contribution >= 4 is 11.7 Å². The van der Waals surface area contributed by atoms with Gasteiger partial charge >= 0.3 is 6.03 Å². The van der Waals surface area contributed by atoms with Crippen LogP contribution in [0.1, 0.15) is 29.7 Å². The maximum Gasteiger partial charge on any atom is 0.319 e. The number of amides is 2. The lowest BCUT2D eigenvalue weighted by Crippen LogP contribution is -2.30. The van der Waals surface area contributed by atoms with Crippen LogP contribution in [-0.2, 0) is 12.8 Å². The first-order valence-corrected chi connectivity index (χ1v) is 9.36. The van der Waals surface area contributed by atoms with Crippen molar-refractivity contribution in [3.63, 3.8) is 0 Å². The molecule has 7 nitrogen and oxygen atoms in total. The highest BCUT2D eigenvalue weighted by Gasteiger charge is 2.06. The number of rotatable bonds is 8. The van der Waals surface area contributed by atoms with E-state index in [1.807, 2.05) is 19.1 Å². The van der Waals surface area contributed by atoms with Crippen molar-refractivity contribution in [3.8, 4) is 5.75 Å². The lowest BCUT2D eigenvalue weighted by molar-refractivity contribution is 0.252. The molecule has 0 saturated heterocycles. The molecular weight excluding hydrogens is 354 g/mol. The summed E-state index contributed by atoms with van der Waals surface area (Å²) in [4.78, 5) is 16.5. The molecule has 0 atom stereocenters. The van der Waals surface area contributed by atoms with E-state index >= 15 is 0 Å². The molecule has 7 heteroatoms. The molecule has 28 heavy (non-hydrogen) atoms. The summed E-state index contributed by atoms with van der Waals surface area (Å²) in [5, 5.41) is 12.8. The van der Waals surface area contributed by atoms with Gasteiger partial charge in [0.15, 0.2) is 5.82 Å². The molecule has 3 rings (SSSR count). The summed E-state index contributed by atoms with van der Waals surface area (Å²) in [6, 6.07) is 15.3. The van der Waals surface area contributed by atoms with E-state index in [2.05, 4.69) is 57.0 Å². The number of aromatic amines is 1. The average Bonchev–Trinajstić information content (AvgIpc) is 3.13. The molecule has 0 unspecified atom stereocenters. The molecule has 0 saturated carbocycles. The predicted molar refractivity (Wildman–Crippen MR) is 109 cm³/mol. The second-order valence-electron chi connectivity index (χ2n) is 6.45. The third-order valence-corrected chi connectivity index (χ3v) is 4.13. The molecular formula is C21H25N5O2. The van der Waals surface area contributed by atoms with Crippen molar-refractivity contribution in [2.45, 2.75) is 26.7 Å². The monoisotopic (exact) mass is 379 g/mol. The fraction of sp³-hybridized carbons (Fsp3) is 0.286. The van der Waals surface area contributed by atoms with Crippen LogP contribution in [0.15, 0.2) is 48.5 Å². The molecule has 0 aliphatic rings. The Morgan fingerprint density at radius 3 is 2.57 bits per heavy atom. The highest BCUT2D eigenvalue weighted by Crippen LogP contribution is 2.15. The highest BCUT2D eigenvalue weighted by molar-refractivity contribution is 5.89. The van der Waals surface area contributed by atoms with Crippen LogP contribution in [0.4, 0.5) is 10.5 Å². The number of hydrogen-bond acceptors (Lipinski definition) is 4. The van der Waals surface area contributed by atoms with Gasteiger partial charge in [-0.2, -0.15) is 5.10 Å². The third-order valence-electron chi connectivity index (χ3n) is 4.13. The summed E-state index contributed by atoms with van der Waals surface area (Å²) in [5.74, 6) is 2.28. The quantitative estimate of drug-likeness (QED) is 0.559. The van der Waals surface area contributed by atoms with Gasteiger partial charge in [-0.25, -0.2) is 9.78 Å². The van der Waals surface area contributed by atoms with E-state index in [1.54, 1.807) is 12.1 Å². The van der Waals surface area contributed by atoms with Crippen LogP contribution in [0.3, 0.4) is 0 Å². The zero-order valence-corrected chi connectivity index (χ0v) is 16.2. The number of hydrogen-bond donors (Lipinski definition) is 3. The lowest BCUT2D eigenvalue weighted by Gasteiger charge is -2.08. The van der Waals surface area contributed by atoms with Crippen LogP contribution < -0.4 is 15.4 Å². The highest BCUT2D eigenvalue weighted by atomic mass is 16.5. The second-order valence-corrected chi connectivity index (χ2v) is 6.45. The van der Waals surface area contributed by atoms with Gasteiger partial charge in [0.2, 0.25) is 0 Å². The largest absolute Gasteiger partial charge is 0.494 e. The van der Waals surface area contributed by atoms with Crippen molar-refractivity contribution in [1.29, 1.82) is 0 Å². The number of benzene rings is 2. The van der Waals surface area contributed by atoms with E-state index in [4.69, 9.17) is 4.74 Å². The van der Waals surface area contributed by atoms with Crippen LogP contribution in [0.2, 0.25) is 0 Å². The van der Waals surface area contributed by atoms with E-state index in [0.717, 1.165) is 11.6 Å². The molecule has 1 aromatic heterocycles. The minimum absolute atomic E-state index is 0.264. The number of aromatic nitrogens is 3. The van der Waals surface area contributed by atoms with Gasteiger partial charge in [-0.3, -0.25) is 5.10 Å². The Morgan fingerprint density at radius 2 is 1.86 bits per heavy atom. The molecule has 0 fully saturated rings. The molecule has 1 heterocycles. The smallest absolute Gasteiger partial charge is 0.319 e. The number of aryl methyl sites for hydroxylation is 1. The minimum atomic E-state index is -0.264. The molecule has 3 aromatic rings. The van der Waals surface area contributed by atoms with Gasteiger partial charge in [0.25, 0.3) is 0 Å². The lowest BCUT2D eigenvalue weighted by atomic mass is 10.1. The van der Waals surface area contributed by atoms with Crippen molar-refractivity contribution in [2.75, 3.05) is 18.5 Å². The van der Waals surface area contributed by atoms with Gasteiger partial charge < -0.3 is 15.4 Å². The zero-order valence-electron chi connectivity index (χ0n) is 16.2. The van der Waals surface area contributed by atoms with Gasteiger partial charge in [-0.15, -0.1) is 0 Å². The van der Waals surface area contributed by atoms with Gasteiger partial charge in [-0.1, -0.05) is 29.8 Å². The number of ether oxygens (including phenoxy) is 1. The summed E-state index contributed by atoms with van der Waals surface area (Å²) in [5.41, 5.74) is 3.12. The first-order chi connectivity index (χ1) is 13.6. The fourth-order valence-electron chi connectivity index (χ4n) is 2.69. The van der Waals surface area contributed by atoms with Crippen LogP contribution in [-0.4, -0.2) is 34.4 Å². The SMILES string of the molecule is CCOc1ccc(NC(=O)NCCc2n[nH]c(Cc3ccc(C)cc3)n2)cc1. The number of nitrogens with one attached hydrogen (secondary N) is 3. The molecule has 0 aliphatic carbocycles. The molecule has 2 aromatic carbocycles. The Morgan fingerprint density at radius 1 is 1.11 bits per heavy atom. The van der Waals surface area contributed by atoms with Gasteiger partial charge in [-0.05, 0) is 43.7 Å². The molecule has 3 N–H and O–H groups in total. The molecule has 0 bridgehead atoms. The van der Waals surface area contributed by atoms with Gasteiger partial charge in [0.05, 0.1) is 6.61 Å². The minimum Gasteiger partial charge on any atom is -0.494 e. The fourth-order valence-corrected chi connectivity index (χ4v) is 2.69. The number of carbonyl (C=O) groups excluding carboxylic acids is 1. The van der Waals surface area contributed by atoms with Crippen LogP contribution in [0.25, 0.3) is 0 Å². The summed E-state index contributed by atoms with van der Waals surface area (Å²) >= 11 is 0. The maximum atomic E-state index is 12.0. The number of carbonyl (C=O) groups is 1. The van der Waals surface area contributed by atoms with Crippen LogP contribution in [0.5, 0.6) is 5.75 Å². The van der Waals surface area contributed by atoms with Crippen LogP contribution in [0, 0.1) is 6.92 Å². The third kappa shape index (κ3) is 5.84. The molecule has 0 spiro atoms. The van der Waals surface area contributed by atoms with E-state index in [-0.39, 0.29) is 6.03 Å². The summed E-state index contributed by atoms with van der Waals surface area (Å²) in [6.07, 6.45) is 1.26. The molecule has 2 amide bonds. The predicted octanol–water partition coefficient (Wildman–Crippen LogP) is 3.47. The Hall–Kier alpha value is -3.35. The summed E-state index contributed by atoms with van der Waals surface area (Å²) in [6.45, 7) is 5.06. The number of anilines is 1. The summed E-state index contributed by atoms with van der Waals surface area (Å²) in [7, 11) is 0. The second kappa shape index (κ2) is 9.55. The Kier molecular flexibility index (Phi) is 6.62. The Balaban J connectivity index is 1.41. The molecule has 0 radical (unpaired) electrons. The number of H-pyrrole nitrogens is 1. The van der Waals surface area contributed by atoms with E-state index in [1.165, 1.54) is 11.1 Å².